The van der Waals surface area contributed by atoms with Crippen LogP contribution >= 0.6 is 0 Å². The van der Waals surface area contributed by atoms with Crippen molar-refractivity contribution in [1.29, 1.82) is 0 Å². The molecule has 0 aromatic heterocycles. The Labute approximate surface area is 142 Å². The molecule has 1 fully saturated rings. The molecule has 0 amide bonds. The third kappa shape index (κ3) is 1.40. The van der Waals surface area contributed by atoms with Gasteiger partial charge in [-0.15, -0.1) is 0 Å². The molecule has 2 heterocycles. The molecule has 2 aliphatic heterocycles. The number of likely N-dealkylation sites (tertiary alicyclic amines) is 1. The van der Waals surface area contributed by atoms with Gasteiger partial charge < -0.3 is 14.2 Å². The average Bonchev–Trinajstić information content (AvgIpc) is 2.84. The van der Waals surface area contributed by atoms with Crippen LogP contribution in [0.2, 0.25) is 0 Å². The average molecular weight is 325 g/mol. The minimum absolute atomic E-state index is 0.0936. The van der Waals surface area contributed by atoms with E-state index in [0.717, 1.165) is 36.6 Å². The summed E-state index contributed by atoms with van der Waals surface area (Å²) < 4.78 is 17.9. The van der Waals surface area contributed by atoms with Crippen molar-refractivity contribution in [1.82, 2.24) is 4.90 Å². The minimum Gasteiger partial charge on any atom is -0.497 e. The van der Waals surface area contributed by atoms with Gasteiger partial charge in [-0.1, -0.05) is 6.07 Å². The van der Waals surface area contributed by atoms with Crippen LogP contribution in [0, 0.1) is 0 Å². The molecule has 1 spiro atoms. The number of piperidine rings is 1. The molecule has 3 atom stereocenters. The van der Waals surface area contributed by atoms with Crippen molar-refractivity contribution >= 4 is 0 Å². The number of hydrogen-bond acceptors (Lipinski definition) is 4. The Morgan fingerprint density at radius 3 is 2.83 bits per heavy atom. The second-order valence-corrected chi connectivity index (χ2v) is 7.55. The summed E-state index contributed by atoms with van der Waals surface area (Å²) >= 11 is 0. The van der Waals surface area contributed by atoms with E-state index >= 15 is 0 Å². The Kier molecular flexibility index (Phi) is 2.62. The molecule has 0 radical (unpaired) electrons. The largest absolute Gasteiger partial charge is 0.497 e. The summed E-state index contributed by atoms with van der Waals surface area (Å²) in [5, 5.41) is 0. The third-order valence-electron chi connectivity index (χ3n) is 6.60. The Morgan fingerprint density at radius 1 is 1.25 bits per heavy atom. The number of hydrogen-bond donors (Lipinski definition) is 0. The predicted octanol–water partition coefficient (Wildman–Crippen LogP) is 2.81. The maximum atomic E-state index is 6.61. The van der Waals surface area contributed by atoms with Gasteiger partial charge in [0.1, 0.15) is 11.4 Å². The van der Waals surface area contributed by atoms with E-state index in [2.05, 4.69) is 43.2 Å². The minimum atomic E-state index is -0.423. The van der Waals surface area contributed by atoms with E-state index in [1.807, 2.05) is 0 Å². The number of benzene rings is 1. The van der Waals surface area contributed by atoms with Crippen LogP contribution in [0.4, 0.5) is 0 Å². The summed E-state index contributed by atoms with van der Waals surface area (Å²) in [7, 11) is 5.68. The van der Waals surface area contributed by atoms with Gasteiger partial charge in [0.15, 0.2) is 11.5 Å². The van der Waals surface area contributed by atoms with Gasteiger partial charge in [0, 0.05) is 17.7 Å². The Morgan fingerprint density at radius 2 is 2.08 bits per heavy atom. The van der Waals surface area contributed by atoms with Crippen molar-refractivity contribution in [2.45, 2.75) is 36.8 Å². The van der Waals surface area contributed by atoms with Gasteiger partial charge in [-0.3, -0.25) is 4.90 Å². The van der Waals surface area contributed by atoms with E-state index in [9.17, 15) is 0 Å². The smallest absolute Gasteiger partial charge is 0.167 e. The lowest BCUT2D eigenvalue weighted by Crippen LogP contribution is -2.62. The summed E-state index contributed by atoms with van der Waals surface area (Å²) in [6, 6.07) is 4.69. The van der Waals surface area contributed by atoms with Crippen LogP contribution in [0.1, 0.15) is 24.5 Å². The predicted molar refractivity (Wildman–Crippen MR) is 91.6 cm³/mol. The molecule has 0 N–H and O–H groups in total. The first kappa shape index (κ1) is 14.4. The van der Waals surface area contributed by atoms with Crippen LogP contribution in [0.25, 0.3) is 0 Å². The second-order valence-electron chi connectivity index (χ2n) is 7.55. The Balaban J connectivity index is 1.87. The number of likely N-dealkylation sites (N-methyl/N-ethyl adjacent to an activating group) is 1. The Bertz CT molecular complexity index is 811. The molecule has 2 bridgehead atoms. The lowest BCUT2D eigenvalue weighted by molar-refractivity contribution is 0.0446. The summed E-state index contributed by atoms with van der Waals surface area (Å²) in [6.45, 7) is 3.28. The normalized spacial score (nSPS) is 35.6. The molecule has 0 unspecified atom stereocenters. The summed E-state index contributed by atoms with van der Waals surface area (Å²) in [4.78, 5) is 2.47. The quantitative estimate of drug-likeness (QED) is 0.837. The highest BCUT2D eigenvalue weighted by Gasteiger charge is 2.66. The highest BCUT2D eigenvalue weighted by Crippen LogP contribution is 2.65. The first-order valence-electron chi connectivity index (χ1n) is 8.62. The van der Waals surface area contributed by atoms with Crippen molar-refractivity contribution in [3.8, 4) is 11.5 Å². The highest BCUT2D eigenvalue weighted by molar-refractivity contribution is 5.69. The van der Waals surface area contributed by atoms with Gasteiger partial charge in [-0.2, -0.15) is 0 Å². The van der Waals surface area contributed by atoms with E-state index in [1.54, 1.807) is 14.2 Å². The number of ether oxygens (including phenoxy) is 3. The molecular weight excluding hydrogens is 302 g/mol. The fraction of sp³-hybridized carbons (Fsp3) is 0.500. The van der Waals surface area contributed by atoms with Gasteiger partial charge in [0.05, 0.1) is 19.6 Å². The topological polar surface area (TPSA) is 30.9 Å². The fourth-order valence-electron chi connectivity index (χ4n) is 5.45. The maximum Gasteiger partial charge on any atom is 0.167 e. The highest BCUT2D eigenvalue weighted by atomic mass is 16.5. The van der Waals surface area contributed by atoms with Crippen molar-refractivity contribution in [3.05, 3.63) is 46.7 Å². The molecule has 4 heteroatoms. The standard InChI is InChI=1S/C20H23NO3/c1-19-11-13(22-3)10-14-15-9-12-5-6-16(23-4)18(24-19)17(12)20(14,19)7-8-21(15)2/h5-6,10-11,15H,7-9H2,1-4H3/t15-,19+,20+/m1/s1. The lowest BCUT2D eigenvalue weighted by atomic mass is 9.53. The van der Waals surface area contributed by atoms with Gasteiger partial charge in [0.25, 0.3) is 0 Å². The monoisotopic (exact) mass is 325 g/mol. The third-order valence-corrected chi connectivity index (χ3v) is 6.60. The molecule has 2 aliphatic carbocycles. The van der Waals surface area contributed by atoms with Crippen LogP contribution < -0.4 is 9.47 Å². The molecule has 1 aromatic carbocycles. The van der Waals surface area contributed by atoms with Crippen LogP contribution in [0.3, 0.4) is 0 Å². The first-order valence-corrected chi connectivity index (χ1v) is 8.62. The van der Waals surface area contributed by atoms with E-state index < -0.39 is 5.60 Å². The van der Waals surface area contributed by atoms with Crippen molar-refractivity contribution in [3.63, 3.8) is 0 Å². The molecule has 1 aromatic rings. The number of rotatable bonds is 2. The van der Waals surface area contributed by atoms with Crippen molar-refractivity contribution < 1.29 is 14.2 Å². The molecule has 4 nitrogen and oxygen atoms in total. The molecule has 5 rings (SSSR count). The van der Waals surface area contributed by atoms with Crippen molar-refractivity contribution in [2.75, 3.05) is 27.8 Å². The molecule has 126 valence electrons. The molecular formula is C20H23NO3. The molecule has 4 aliphatic rings. The molecule has 1 saturated heterocycles. The SMILES string of the molecule is COC1=C[C@]2(C)Oc3c(OC)ccc4c3[C@@]23CCN(C)[C@H](C4)C3=C1. The lowest BCUT2D eigenvalue weighted by Gasteiger charge is -2.55. The van der Waals surface area contributed by atoms with E-state index in [1.165, 1.54) is 16.7 Å². The van der Waals surface area contributed by atoms with Crippen LogP contribution in [0.15, 0.2) is 35.6 Å². The number of allylic oxidation sites excluding steroid dienone is 1. The number of nitrogens with zero attached hydrogens (tertiary/aromatic N) is 1. The fourth-order valence-corrected chi connectivity index (χ4v) is 5.45. The van der Waals surface area contributed by atoms with Gasteiger partial charge >= 0.3 is 0 Å². The zero-order chi connectivity index (χ0) is 16.7. The summed E-state index contributed by atoms with van der Waals surface area (Å²) in [6.07, 6.45) is 6.49. The first-order chi connectivity index (χ1) is 11.5. The molecule has 0 saturated carbocycles. The van der Waals surface area contributed by atoms with Crippen LogP contribution in [-0.4, -0.2) is 44.4 Å². The van der Waals surface area contributed by atoms with Crippen LogP contribution in [-0.2, 0) is 16.6 Å². The Hall–Kier alpha value is -1.94. The summed E-state index contributed by atoms with van der Waals surface area (Å²) in [5.74, 6) is 2.67. The second kappa shape index (κ2) is 4.37. The van der Waals surface area contributed by atoms with Crippen LogP contribution in [0.5, 0.6) is 11.5 Å². The van der Waals surface area contributed by atoms with E-state index in [-0.39, 0.29) is 5.41 Å². The zero-order valence-corrected chi connectivity index (χ0v) is 14.7. The maximum absolute atomic E-state index is 6.61. The summed E-state index contributed by atoms with van der Waals surface area (Å²) in [5.41, 5.74) is 3.68. The van der Waals surface area contributed by atoms with Crippen molar-refractivity contribution in [2.24, 2.45) is 0 Å². The molecule has 24 heavy (non-hydrogen) atoms. The number of methoxy groups -OCH3 is 2. The van der Waals surface area contributed by atoms with E-state index in [4.69, 9.17) is 14.2 Å². The van der Waals surface area contributed by atoms with Gasteiger partial charge in [0.2, 0.25) is 0 Å². The van der Waals surface area contributed by atoms with Gasteiger partial charge in [-0.25, -0.2) is 0 Å². The van der Waals surface area contributed by atoms with E-state index in [0.29, 0.717) is 6.04 Å². The van der Waals surface area contributed by atoms with Gasteiger partial charge in [-0.05, 0) is 56.6 Å². The zero-order valence-electron chi connectivity index (χ0n) is 14.7.